The van der Waals surface area contributed by atoms with E-state index in [1.807, 2.05) is 42.7 Å². The molecule has 2 aromatic rings. The van der Waals surface area contributed by atoms with Crippen LogP contribution in [0.3, 0.4) is 0 Å². The number of carbonyl (C=O) groups is 1. The summed E-state index contributed by atoms with van der Waals surface area (Å²) >= 11 is 5.99. The maximum atomic E-state index is 11.8. The van der Waals surface area contributed by atoms with Crippen molar-refractivity contribution in [3.05, 3.63) is 59.9 Å². The van der Waals surface area contributed by atoms with Crippen LogP contribution >= 0.6 is 11.6 Å². The second kappa shape index (κ2) is 9.53. The fraction of sp³-hybridized carbons (Fsp3) is 0.250. The zero-order chi connectivity index (χ0) is 14.2. The van der Waals surface area contributed by atoms with Gasteiger partial charge in [-0.05, 0) is 18.6 Å². The highest BCUT2D eigenvalue weighted by atomic mass is 79.9. The summed E-state index contributed by atoms with van der Waals surface area (Å²) in [5.74, 6) is 0.0103. The van der Waals surface area contributed by atoms with E-state index in [-0.39, 0.29) is 22.9 Å². The lowest BCUT2D eigenvalue weighted by molar-refractivity contribution is -0.697. The van der Waals surface area contributed by atoms with Crippen molar-refractivity contribution in [3.63, 3.8) is 0 Å². The van der Waals surface area contributed by atoms with Gasteiger partial charge in [-0.3, -0.25) is 4.79 Å². The van der Waals surface area contributed by atoms with Gasteiger partial charge < -0.3 is 22.3 Å². The average Bonchev–Trinajstić information content (AvgIpc) is 2.47. The first-order valence-corrected chi connectivity index (χ1v) is 7.12. The van der Waals surface area contributed by atoms with E-state index in [0.29, 0.717) is 17.1 Å². The Hall–Kier alpha value is -1.39. The van der Waals surface area contributed by atoms with Gasteiger partial charge in [0, 0.05) is 25.0 Å². The number of carbonyl (C=O) groups excluding carboxylic acids is 1. The number of amides is 1. The Morgan fingerprint density at radius 1 is 1.05 bits per heavy atom. The molecule has 1 heterocycles. The van der Waals surface area contributed by atoms with Crippen LogP contribution in [-0.4, -0.2) is 5.91 Å². The molecule has 0 spiro atoms. The zero-order valence-electron chi connectivity index (χ0n) is 11.6. The maximum absolute atomic E-state index is 11.8. The minimum atomic E-state index is 0. The number of hydrogen-bond donors (Lipinski definition) is 1. The Balaban J connectivity index is 0.00000220. The van der Waals surface area contributed by atoms with Gasteiger partial charge in [-0.25, -0.2) is 4.57 Å². The van der Waals surface area contributed by atoms with Gasteiger partial charge in [0.25, 0.3) is 0 Å². The molecule has 0 aliphatic rings. The van der Waals surface area contributed by atoms with Gasteiger partial charge in [-0.15, -0.1) is 0 Å². The fourth-order valence-corrected chi connectivity index (χ4v) is 2.12. The van der Waals surface area contributed by atoms with Crippen LogP contribution in [0, 0.1) is 0 Å². The molecule has 2 rings (SSSR count). The van der Waals surface area contributed by atoms with Crippen molar-refractivity contribution in [1.29, 1.82) is 0 Å². The van der Waals surface area contributed by atoms with E-state index >= 15 is 0 Å². The molecule has 0 unspecified atom stereocenters. The maximum Gasteiger partial charge on any atom is 0.224 e. The van der Waals surface area contributed by atoms with E-state index in [1.165, 1.54) is 0 Å². The number of nitrogens with zero attached hydrogens (tertiary/aromatic N) is 1. The van der Waals surface area contributed by atoms with Crippen molar-refractivity contribution >= 4 is 23.2 Å². The van der Waals surface area contributed by atoms with Crippen molar-refractivity contribution in [1.82, 2.24) is 0 Å². The molecule has 0 aliphatic carbocycles. The number of aromatic nitrogens is 1. The van der Waals surface area contributed by atoms with E-state index in [9.17, 15) is 4.79 Å². The zero-order valence-corrected chi connectivity index (χ0v) is 14.0. The van der Waals surface area contributed by atoms with Crippen molar-refractivity contribution in [2.24, 2.45) is 0 Å². The standard InChI is InChI=1S/C16H17ClN2O.BrH/c17-14-8-2-3-9-15(14)18-16(20)10-4-7-13-19-11-5-1-6-12-19;/h1-3,5-6,8-9,11-12H,4,7,10,13H2;1H. The fourth-order valence-electron chi connectivity index (χ4n) is 1.94. The van der Waals surface area contributed by atoms with E-state index in [1.54, 1.807) is 12.1 Å². The normalized spacial score (nSPS) is 9.76. The summed E-state index contributed by atoms with van der Waals surface area (Å²) in [7, 11) is 0. The summed E-state index contributed by atoms with van der Waals surface area (Å²) in [5.41, 5.74) is 0.677. The van der Waals surface area contributed by atoms with Crippen LogP contribution in [0.5, 0.6) is 0 Å². The molecule has 3 nitrogen and oxygen atoms in total. The van der Waals surface area contributed by atoms with Gasteiger partial charge >= 0.3 is 0 Å². The molecule has 21 heavy (non-hydrogen) atoms. The summed E-state index contributed by atoms with van der Waals surface area (Å²) in [6, 6.07) is 13.3. The highest BCUT2D eigenvalue weighted by Gasteiger charge is 2.06. The Kier molecular flexibility index (Phi) is 8.01. The molecule has 0 saturated carbocycles. The van der Waals surface area contributed by atoms with Crippen molar-refractivity contribution in [2.75, 3.05) is 5.32 Å². The number of anilines is 1. The Morgan fingerprint density at radius 3 is 2.48 bits per heavy atom. The molecule has 0 radical (unpaired) electrons. The Morgan fingerprint density at radius 2 is 1.76 bits per heavy atom. The molecular formula is C16H18BrClN2O. The van der Waals surface area contributed by atoms with Crippen molar-refractivity contribution in [3.8, 4) is 0 Å². The molecule has 0 bridgehead atoms. The third-order valence-corrected chi connectivity index (χ3v) is 3.32. The Bertz CT molecular complexity index is 563. The summed E-state index contributed by atoms with van der Waals surface area (Å²) in [5, 5.41) is 3.40. The van der Waals surface area contributed by atoms with Gasteiger partial charge in [0.1, 0.15) is 6.54 Å². The molecule has 5 heteroatoms. The lowest BCUT2D eigenvalue weighted by Crippen LogP contribution is -3.00. The smallest absolute Gasteiger partial charge is 0.224 e. The first-order valence-electron chi connectivity index (χ1n) is 6.74. The summed E-state index contributed by atoms with van der Waals surface area (Å²) in [6.07, 6.45) is 6.41. The Labute approximate surface area is 140 Å². The SMILES string of the molecule is O=C(CCCC[n+]1ccccc1)Nc1ccccc1Cl.[Br-]. The summed E-state index contributed by atoms with van der Waals surface area (Å²) in [4.78, 5) is 11.8. The highest BCUT2D eigenvalue weighted by molar-refractivity contribution is 6.33. The number of nitrogens with one attached hydrogen (secondary N) is 1. The lowest BCUT2D eigenvalue weighted by atomic mass is 10.2. The molecule has 0 aliphatic heterocycles. The largest absolute Gasteiger partial charge is 1.00 e. The number of halogens is 2. The van der Waals surface area contributed by atoms with Crippen LogP contribution in [0.1, 0.15) is 19.3 Å². The number of para-hydroxylation sites is 1. The van der Waals surface area contributed by atoms with Crippen LogP contribution < -0.4 is 26.9 Å². The van der Waals surface area contributed by atoms with E-state index in [4.69, 9.17) is 11.6 Å². The predicted octanol–water partition coefficient (Wildman–Crippen LogP) is 0.440. The van der Waals surface area contributed by atoms with Crippen LogP contribution in [-0.2, 0) is 11.3 Å². The van der Waals surface area contributed by atoms with Gasteiger partial charge in [-0.1, -0.05) is 29.8 Å². The average molecular weight is 370 g/mol. The third kappa shape index (κ3) is 6.27. The lowest BCUT2D eigenvalue weighted by Gasteiger charge is -2.06. The van der Waals surface area contributed by atoms with Gasteiger partial charge in [-0.2, -0.15) is 0 Å². The number of hydrogen-bond acceptors (Lipinski definition) is 1. The second-order valence-corrected chi connectivity index (χ2v) is 5.01. The molecule has 0 saturated heterocycles. The van der Waals surface area contributed by atoms with E-state index in [0.717, 1.165) is 19.4 Å². The number of unbranched alkanes of at least 4 members (excludes halogenated alkanes) is 1. The number of rotatable bonds is 6. The van der Waals surface area contributed by atoms with Crippen LogP contribution in [0.25, 0.3) is 0 Å². The first-order chi connectivity index (χ1) is 9.75. The van der Waals surface area contributed by atoms with Crippen LogP contribution in [0.15, 0.2) is 54.9 Å². The highest BCUT2D eigenvalue weighted by Crippen LogP contribution is 2.20. The number of pyridine rings is 1. The minimum absolute atomic E-state index is 0. The van der Waals surface area contributed by atoms with Crippen LogP contribution in [0.2, 0.25) is 5.02 Å². The number of benzene rings is 1. The molecule has 1 aromatic carbocycles. The molecular weight excluding hydrogens is 352 g/mol. The first kappa shape index (κ1) is 17.7. The summed E-state index contributed by atoms with van der Waals surface area (Å²) in [6.45, 7) is 0.931. The minimum Gasteiger partial charge on any atom is -1.00 e. The van der Waals surface area contributed by atoms with Gasteiger partial charge in [0.15, 0.2) is 12.4 Å². The number of aryl methyl sites for hydroxylation is 1. The molecule has 0 fully saturated rings. The molecule has 1 aromatic heterocycles. The van der Waals surface area contributed by atoms with E-state index in [2.05, 4.69) is 9.88 Å². The molecule has 112 valence electrons. The van der Waals surface area contributed by atoms with Gasteiger partial charge in [0.2, 0.25) is 5.91 Å². The molecule has 0 atom stereocenters. The monoisotopic (exact) mass is 368 g/mol. The van der Waals surface area contributed by atoms with Gasteiger partial charge in [0.05, 0.1) is 10.7 Å². The predicted molar refractivity (Wildman–Crippen MR) is 80.6 cm³/mol. The van der Waals surface area contributed by atoms with Crippen LogP contribution in [0.4, 0.5) is 5.69 Å². The second-order valence-electron chi connectivity index (χ2n) is 4.60. The van der Waals surface area contributed by atoms with Crippen molar-refractivity contribution < 1.29 is 26.3 Å². The van der Waals surface area contributed by atoms with E-state index < -0.39 is 0 Å². The summed E-state index contributed by atoms with van der Waals surface area (Å²) < 4.78 is 2.12. The molecule has 1 N–H and O–H groups in total. The molecule has 1 amide bonds. The van der Waals surface area contributed by atoms with Crippen molar-refractivity contribution in [2.45, 2.75) is 25.8 Å². The quantitative estimate of drug-likeness (QED) is 0.582. The topological polar surface area (TPSA) is 33.0 Å². The third-order valence-electron chi connectivity index (χ3n) is 3.00.